The molecule has 7 heteroatoms. The molecule has 0 bridgehead atoms. The van der Waals surface area contributed by atoms with Crippen LogP contribution in [0.4, 0.5) is 5.82 Å². The molecule has 5 nitrogen and oxygen atoms in total. The van der Waals surface area contributed by atoms with Crippen molar-refractivity contribution in [2.75, 3.05) is 5.73 Å². The molecule has 3 N–H and O–H groups in total. The molecule has 0 aliphatic carbocycles. The van der Waals surface area contributed by atoms with Crippen LogP contribution in [0.5, 0.6) is 0 Å². The van der Waals surface area contributed by atoms with Crippen LogP contribution in [0.15, 0.2) is 36.4 Å². The molecule has 3 aromatic heterocycles. The van der Waals surface area contributed by atoms with Crippen molar-refractivity contribution >= 4 is 39.7 Å². The SMILES string of the molecule is Cn1c(-c2ccc(-c3n[nH]nc3N)s2)cc2ccc(Cl)cc21. The normalized spacial score (nSPS) is 11.4. The number of benzene rings is 1. The fraction of sp³-hybridized carbons (Fsp3) is 0.0667. The number of nitrogens with two attached hydrogens (primary N) is 1. The summed E-state index contributed by atoms with van der Waals surface area (Å²) < 4.78 is 2.14. The molecular formula is C15H12ClN5S. The molecule has 22 heavy (non-hydrogen) atoms. The Morgan fingerprint density at radius 3 is 2.73 bits per heavy atom. The molecule has 110 valence electrons. The van der Waals surface area contributed by atoms with E-state index in [0.717, 1.165) is 31.4 Å². The van der Waals surface area contributed by atoms with Crippen molar-refractivity contribution in [2.24, 2.45) is 7.05 Å². The highest BCUT2D eigenvalue weighted by Crippen LogP contribution is 2.37. The maximum atomic E-state index is 6.09. The van der Waals surface area contributed by atoms with Crippen molar-refractivity contribution in [1.82, 2.24) is 20.0 Å². The van der Waals surface area contributed by atoms with Gasteiger partial charge in [-0.25, -0.2) is 0 Å². The molecule has 0 saturated heterocycles. The van der Waals surface area contributed by atoms with Crippen molar-refractivity contribution in [1.29, 1.82) is 0 Å². The number of hydrogen-bond donors (Lipinski definition) is 2. The van der Waals surface area contributed by atoms with Crippen LogP contribution in [0.3, 0.4) is 0 Å². The average molecular weight is 330 g/mol. The molecule has 0 unspecified atom stereocenters. The summed E-state index contributed by atoms with van der Waals surface area (Å²) >= 11 is 7.73. The highest BCUT2D eigenvalue weighted by atomic mass is 35.5. The summed E-state index contributed by atoms with van der Waals surface area (Å²) in [7, 11) is 2.04. The summed E-state index contributed by atoms with van der Waals surface area (Å²) in [5.41, 5.74) is 8.75. The van der Waals surface area contributed by atoms with Crippen LogP contribution in [-0.4, -0.2) is 20.0 Å². The lowest BCUT2D eigenvalue weighted by Crippen LogP contribution is -1.89. The Morgan fingerprint density at radius 1 is 1.14 bits per heavy atom. The second-order valence-corrected chi connectivity index (χ2v) is 6.53. The molecule has 4 rings (SSSR count). The second-order valence-electron chi connectivity index (χ2n) is 5.01. The van der Waals surface area contributed by atoms with Gasteiger partial charge < -0.3 is 10.3 Å². The minimum absolute atomic E-state index is 0.414. The van der Waals surface area contributed by atoms with E-state index in [1.807, 2.05) is 31.3 Å². The zero-order chi connectivity index (χ0) is 15.3. The van der Waals surface area contributed by atoms with Gasteiger partial charge in [0.1, 0.15) is 5.69 Å². The van der Waals surface area contributed by atoms with E-state index in [2.05, 4.69) is 32.1 Å². The summed E-state index contributed by atoms with van der Waals surface area (Å²) in [5.74, 6) is 0.414. The predicted octanol–water partition coefficient (Wildman–Crippen LogP) is 3.93. The van der Waals surface area contributed by atoms with Crippen LogP contribution < -0.4 is 5.73 Å². The van der Waals surface area contributed by atoms with E-state index in [1.54, 1.807) is 11.3 Å². The van der Waals surface area contributed by atoms with E-state index in [0.29, 0.717) is 11.5 Å². The van der Waals surface area contributed by atoms with E-state index < -0.39 is 0 Å². The van der Waals surface area contributed by atoms with Crippen molar-refractivity contribution in [2.45, 2.75) is 0 Å². The number of thiophene rings is 1. The zero-order valence-corrected chi connectivity index (χ0v) is 13.2. The standard InChI is InChI=1S/C15H12ClN5S/c1-21-10-7-9(16)3-2-8(10)6-11(21)12-4-5-13(22-12)14-15(17)19-20-18-14/h2-7H,1H3,(H3,17,18,19,20). The van der Waals surface area contributed by atoms with Gasteiger partial charge in [0, 0.05) is 23.0 Å². The number of H-pyrrole nitrogens is 1. The fourth-order valence-corrected chi connectivity index (χ4v) is 3.79. The average Bonchev–Trinajstić information content (AvgIpc) is 3.19. The Balaban J connectivity index is 1.84. The molecule has 0 atom stereocenters. The van der Waals surface area contributed by atoms with Gasteiger partial charge in [-0.05, 0) is 30.3 Å². The molecule has 0 radical (unpaired) electrons. The minimum Gasteiger partial charge on any atom is -0.380 e. The second kappa shape index (κ2) is 4.86. The molecular weight excluding hydrogens is 318 g/mol. The maximum absolute atomic E-state index is 6.09. The lowest BCUT2D eigenvalue weighted by Gasteiger charge is -2.01. The van der Waals surface area contributed by atoms with E-state index >= 15 is 0 Å². The van der Waals surface area contributed by atoms with E-state index in [1.165, 1.54) is 0 Å². The van der Waals surface area contributed by atoms with Crippen LogP contribution in [-0.2, 0) is 7.05 Å². The lowest BCUT2D eigenvalue weighted by molar-refractivity contribution is 0.946. The van der Waals surface area contributed by atoms with Crippen molar-refractivity contribution < 1.29 is 0 Å². The predicted molar refractivity (Wildman–Crippen MR) is 91.0 cm³/mol. The van der Waals surface area contributed by atoms with E-state index in [-0.39, 0.29) is 0 Å². The molecule has 0 aliphatic heterocycles. The number of anilines is 1. The number of nitrogens with one attached hydrogen (secondary N) is 1. The number of rotatable bonds is 2. The van der Waals surface area contributed by atoms with Gasteiger partial charge in [0.2, 0.25) is 0 Å². The van der Waals surface area contributed by atoms with E-state index in [9.17, 15) is 0 Å². The molecule has 1 aromatic carbocycles. The first-order chi connectivity index (χ1) is 10.6. The van der Waals surface area contributed by atoms with Crippen LogP contribution in [0.1, 0.15) is 0 Å². The lowest BCUT2D eigenvalue weighted by atomic mass is 10.2. The van der Waals surface area contributed by atoms with Gasteiger partial charge in [-0.15, -0.1) is 16.4 Å². The Hall–Kier alpha value is -2.31. The number of hydrogen-bond acceptors (Lipinski definition) is 4. The highest BCUT2D eigenvalue weighted by molar-refractivity contribution is 7.18. The first-order valence-corrected chi connectivity index (χ1v) is 7.85. The molecule has 0 aliphatic rings. The first kappa shape index (κ1) is 13.4. The first-order valence-electron chi connectivity index (χ1n) is 6.65. The van der Waals surface area contributed by atoms with Gasteiger partial charge in [0.25, 0.3) is 0 Å². The Labute approximate surface area is 135 Å². The molecule has 3 heterocycles. The summed E-state index contributed by atoms with van der Waals surface area (Å²) in [6, 6.07) is 12.2. The molecule has 4 aromatic rings. The Kier molecular flexibility index (Phi) is 2.95. The molecule has 0 spiro atoms. The number of aryl methyl sites for hydroxylation is 1. The van der Waals surface area contributed by atoms with Gasteiger partial charge in [-0.2, -0.15) is 10.3 Å². The maximum Gasteiger partial charge on any atom is 0.174 e. The number of halogens is 1. The molecule has 0 amide bonds. The van der Waals surface area contributed by atoms with Gasteiger partial charge in [-0.1, -0.05) is 17.7 Å². The van der Waals surface area contributed by atoms with Crippen LogP contribution in [0, 0.1) is 0 Å². The van der Waals surface area contributed by atoms with Crippen molar-refractivity contribution in [3.63, 3.8) is 0 Å². The summed E-state index contributed by atoms with van der Waals surface area (Å²) in [6.07, 6.45) is 0. The topological polar surface area (TPSA) is 72.5 Å². The third-order valence-electron chi connectivity index (χ3n) is 3.67. The summed E-state index contributed by atoms with van der Waals surface area (Å²) in [6.45, 7) is 0. The zero-order valence-electron chi connectivity index (χ0n) is 11.7. The smallest absolute Gasteiger partial charge is 0.174 e. The van der Waals surface area contributed by atoms with Gasteiger partial charge in [0.15, 0.2) is 5.82 Å². The van der Waals surface area contributed by atoms with E-state index in [4.69, 9.17) is 17.3 Å². The number of aromatic nitrogens is 4. The van der Waals surface area contributed by atoms with Crippen LogP contribution in [0.2, 0.25) is 5.02 Å². The number of fused-ring (bicyclic) bond motifs is 1. The number of aromatic amines is 1. The number of nitrogen functional groups attached to an aromatic ring is 1. The van der Waals surface area contributed by atoms with Crippen molar-refractivity contribution in [3.05, 3.63) is 41.4 Å². The fourth-order valence-electron chi connectivity index (χ4n) is 2.56. The van der Waals surface area contributed by atoms with Gasteiger partial charge >= 0.3 is 0 Å². The van der Waals surface area contributed by atoms with Crippen molar-refractivity contribution in [3.8, 4) is 21.1 Å². The molecule has 0 fully saturated rings. The minimum atomic E-state index is 0.414. The Morgan fingerprint density at radius 2 is 1.95 bits per heavy atom. The third-order valence-corrected chi connectivity index (χ3v) is 5.02. The largest absolute Gasteiger partial charge is 0.380 e. The highest BCUT2D eigenvalue weighted by Gasteiger charge is 2.14. The van der Waals surface area contributed by atoms with Gasteiger partial charge in [-0.3, -0.25) is 0 Å². The summed E-state index contributed by atoms with van der Waals surface area (Å²) in [4.78, 5) is 2.14. The van der Waals surface area contributed by atoms with Crippen LogP contribution >= 0.6 is 22.9 Å². The summed E-state index contributed by atoms with van der Waals surface area (Å²) in [5, 5.41) is 12.4. The van der Waals surface area contributed by atoms with Crippen LogP contribution in [0.25, 0.3) is 32.0 Å². The third kappa shape index (κ3) is 2.00. The quantitative estimate of drug-likeness (QED) is 0.585. The number of nitrogens with zero attached hydrogens (tertiary/aromatic N) is 3. The Bertz CT molecular complexity index is 981. The van der Waals surface area contributed by atoms with Gasteiger partial charge in [0.05, 0.1) is 15.4 Å². The molecule has 0 saturated carbocycles. The monoisotopic (exact) mass is 329 g/mol.